The number of likely N-dealkylation sites (N-methyl/N-ethyl adjacent to an activating group) is 1. The summed E-state index contributed by atoms with van der Waals surface area (Å²) in [5, 5.41) is 2.50. The molecule has 2 amide bonds. The third-order valence-electron chi connectivity index (χ3n) is 3.28. The zero-order valence-corrected chi connectivity index (χ0v) is 15.7. The summed E-state index contributed by atoms with van der Waals surface area (Å²) in [5.74, 6) is -1.08. The van der Waals surface area contributed by atoms with Crippen LogP contribution in [0.3, 0.4) is 0 Å². The molecule has 3 N–H and O–H groups in total. The Morgan fingerprint density at radius 2 is 2.00 bits per heavy atom. The number of benzene rings is 1. The van der Waals surface area contributed by atoms with Crippen molar-refractivity contribution in [1.82, 2.24) is 10.2 Å². The van der Waals surface area contributed by atoms with Crippen LogP contribution in [0.5, 0.6) is 0 Å². The summed E-state index contributed by atoms with van der Waals surface area (Å²) in [6.45, 7) is 3.62. The minimum Gasteiger partial charge on any atom is -0.346 e. The molecule has 1 atom stereocenters. The lowest BCUT2D eigenvalue weighted by Crippen LogP contribution is -2.47. The normalized spacial score (nSPS) is 11.6. The number of hydrogen-bond acceptors (Lipinski definition) is 3. The van der Waals surface area contributed by atoms with Gasteiger partial charge in [0.15, 0.2) is 0 Å². The van der Waals surface area contributed by atoms with Gasteiger partial charge in [-0.2, -0.15) is 0 Å². The third kappa shape index (κ3) is 6.85. The molecule has 0 saturated carbocycles. The number of rotatable bonds is 6. The number of nitrogens with one attached hydrogen (secondary N) is 1. The fourth-order valence-electron chi connectivity index (χ4n) is 1.73. The largest absolute Gasteiger partial charge is 0.346 e. The van der Waals surface area contributed by atoms with E-state index >= 15 is 0 Å². The monoisotopic (exact) mass is 409 g/mol. The van der Waals surface area contributed by atoms with E-state index in [1.54, 1.807) is 19.2 Å². The van der Waals surface area contributed by atoms with Crippen LogP contribution in [0.15, 0.2) is 22.7 Å². The highest BCUT2D eigenvalue weighted by Crippen LogP contribution is 2.16. The lowest BCUT2D eigenvalue weighted by Gasteiger charge is -2.20. The van der Waals surface area contributed by atoms with Gasteiger partial charge in [0.2, 0.25) is 11.8 Å². The molecule has 0 aliphatic heterocycles. The van der Waals surface area contributed by atoms with Crippen molar-refractivity contribution >= 4 is 40.2 Å². The van der Waals surface area contributed by atoms with Gasteiger partial charge in [-0.1, -0.05) is 29.8 Å². The van der Waals surface area contributed by atoms with Gasteiger partial charge in [0.25, 0.3) is 0 Å². The molecule has 0 bridgehead atoms. The lowest BCUT2D eigenvalue weighted by molar-refractivity contribution is -0.132. The molecule has 0 unspecified atom stereocenters. The molecule has 0 saturated heterocycles. The van der Waals surface area contributed by atoms with Crippen molar-refractivity contribution in [1.29, 1.82) is 0 Å². The van der Waals surface area contributed by atoms with Gasteiger partial charge in [0.1, 0.15) is 5.82 Å². The van der Waals surface area contributed by atoms with E-state index in [2.05, 4.69) is 21.2 Å². The summed E-state index contributed by atoms with van der Waals surface area (Å²) in [4.78, 5) is 25.0. The zero-order valence-electron chi connectivity index (χ0n) is 13.3. The van der Waals surface area contributed by atoms with Crippen LogP contribution in [0.2, 0.25) is 0 Å². The number of amides is 2. The van der Waals surface area contributed by atoms with E-state index in [1.165, 1.54) is 11.0 Å². The summed E-state index contributed by atoms with van der Waals surface area (Å²) in [7, 11) is 1.55. The van der Waals surface area contributed by atoms with Gasteiger partial charge in [0.05, 0.1) is 12.6 Å². The first kappa shape index (κ1) is 21.8. The van der Waals surface area contributed by atoms with Crippen LogP contribution in [0.1, 0.15) is 19.4 Å². The van der Waals surface area contributed by atoms with Crippen LogP contribution >= 0.6 is 28.3 Å². The Labute approximate surface area is 150 Å². The quantitative estimate of drug-likeness (QED) is 0.754. The highest BCUT2D eigenvalue weighted by atomic mass is 79.9. The van der Waals surface area contributed by atoms with Crippen molar-refractivity contribution in [2.24, 2.45) is 11.7 Å². The summed E-state index contributed by atoms with van der Waals surface area (Å²) >= 11 is 3.26. The van der Waals surface area contributed by atoms with Crippen molar-refractivity contribution in [3.63, 3.8) is 0 Å². The topological polar surface area (TPSA) is 75.4 Å². The van der Waals surface area contributed by atoms with E-state index in [9.17, 15) is 14.0 Å². The van der Waals surface area contributed by atoms with Gasteiger partial charge in [-0.05, 0) is 24.1 Å². The van der Waals surface area contributed by atoms with Crippen molar-refractivity contribution in [2.45, 2.75) is 26.4 Å². The smallest absolute Gasteiger partial charge is 0.242 e. The van der Waals surface area contributed by atoms with E-state index in [1.807, 2.05) is 13.8 Å². The highest BCUT2D eigenvalue weighted by molar-refractivity contribution is 9.10. The van der Waals surface area contributed by atoms with Gasteiger partial charge >= 0.3 is 0 Å². The van der Waals surface area contributed by atoms with Crippen LogP contribution < -0.4 is 11.1 Å². The molecule has 0 aliphatic rings. The minimum absolute atomic E-state index is 0. The summed E-state index contributed by atoms with van der Waals surface area (Å²) in [6, 6.07) is 3.89. The molecule has 1 aromatic carbocycles. The Bertz CT molecular complexity index is 558. The second-order valence-corrected chi connectivity index (χ2v) is 6.39. The van der Waals surface area contributed by atoms with Gasteiger partial charge < -0.3 is 16.0 Å². The van der Waals surface area contributed by atoms with E-state index in [0.29, 0.717) is 5.56 Å². The number of hydrogen-bond donors (Lipinski definition) is 2. The van der Waals surface area contributed by atoms with Crippen molar-refractivity contribution < 1.29 is 14.0 Å². The van der Waals surface area contributed by atoms with Gasteiger partial charge in [0, 0.05) is 23.6 Å². The Hall–Kier alpha value is -1.18. The maximum atomic E-state index is 13.7. The van der Waals surface area contributed by atoms with E-state index in [0.717, 1.165) is 4.47 Å². The van der Waals surface area contributed by atoms with Crippen LogP contribution in [-0.2, 0) is 16.1 Å². The second kappa shape index (κ2) is 9.85. The third-order valence-corrected chi connectivity index (χ3v) is 3.77. The minimum atomic E-state index is -0.652. The Morgan fingerprint density at radius 1 is 1.39 bits per heavy atom. The van der Waals surface area contributed by atoms with E-state index in [4.69, 9.17) is 5.73 Å². The van der Waals surface area contributed by atoms with Crippen molar-refractivity contribution in [3.05, 3.63) is 34.1 Å². The Morgan fingerprint density at radius 3 is 2.57 bits per heavy atom. The molecule has 0 aromatic heterocycles. The second-order valence-electron chi connectivity index (χ2n) is 5.47. The van der Waals surface area contributed by atoms with Gasteiger partial charge in [-0.25, -0.2) is 4.39 Å². The van der Waals surface area contributed by atoms with Gasteiger partial charge in [-0.3, -0.25) is 9.59 Å². The van der Waals surface area contributed by atoms with E-state index in [-0.39, 0.29) is 49.0 Å². The summed E-state index contributed by atoms with van der Waals surface area (Å²) in [5.41, 5.74) is 6.09. The fraction of sp³-hybridized carbons (Fsp3) is 0.467. The molecule has 130 valence electrons. The first-order chi connectivity index (χ1) is 10.2. The molecule has 0 fully saturated rings. The number of carbonyl (C=O) groups excluding carboxylic acids is 2. The first-order valence-corrected chi connectivity index (χ1v) is 7.72. The summed E-state index contributed by atoms with van der Waals surface area (Å²) in [6.07, 6.45) is 0. The zero-order chi connectivity index (χ0) is 16.9. The van der Waals surface area contributed by atoms with Crippen LogP contribution in [0, 0.1) is 11.7 Å². The molecule has 0 radical (unpaired) electrons. The standard InChI is InChI=1S/C15H21BrFN3O2.ClH/c1-9(2)14(18)15(22)19-7-13(21)20(3)8-10-6-11(16)4-5-12(10)17;/h4-6,9,14H,7-8,18H2,1-3H3,(H,19,22);1H/t14-;/m0./s1. The molecule has 1 aromatic rings. The SMILES string of the molecule is CC(C)[C@H](N)C(=O)NCC(=O)N(C)Cc1cc(Br)ccc1F.Cl. The maximum absolute atomic E-state index is 13.7. The molecule has 0 heterocycles. The molecule has 23 heavy (non-hydrogen) atoms. The fourth-order valence-corrected chi connectivity index (χ4v) is 2.13. The molecule has 5 nitrogen and oxygen atoms in total. The predicted octanol–water partition coefficient (Wildman–Crippen LogP) is 2.07. The van der Waals surface area contributed by atoms with Crippen LogP contribution in [-0.4, -0.2) is 36.3 Å². The number of nitrogens with zero attached hydrogens (tertiary/aromatic N) is 1. The van der Waals surface area contributed by atoms with Crippen molar-refractivity contribution in [2.75, 3.05) is 13.6 Å². The van der Waals surface area contributed by atoms with Gasteiger partial charge in [-0.15, -0.1) is 12.4 Å². The highest BCUT2D eigenvalue weighted by Gasteiger charge is 2.19. The Kier molecular flexibility index (Phi) is 9.34. The van der Waals surface area contributed by atoms with Crippen LogP contribution in [0.25, 0.3) is 0 Å². The maximum Gasteiger partial charge on any atom is 0.242 e. The summed E-state index contributed by atoms with van der Waals surface area (Å²) < 4.78 is 14.4. The molecule has 0 aliphatic carbocycles. The predicted molar refractivity (Wildman–Crippen MR) is 93.6 cm³/mol. The lowest BCUT2D eigenvalue weighted by atomic mass is 10.1. The molecule has 1 rings (SSSR count). The number of halogens is 3. The van der Waals surface area contributed by atoms with Crippen molar-refractivity contribution in [3.8, 4) is 0 Å². The number of nitrogens with two attached hydrogens (primary N) is 1. The van der Waals surface area contributed by atoms with E-state index < -0.39 is 6.04 Å². The number of carbonyl (C=O) groups is 2. The average molecular weight is 411 g/mol. The molecular formula is C15H22BrClFN3O2. The molecule has 0 spiro atoms. The first-order valence-electron chi connectivity index (χ1n) is 6.93. The van der Waals surface area contributed by atoms with Crippen LogP contribution in [0.4, 0.5) is 4.39 Å². The Balaban J connectivity index is 0.00000484. The molecular weight excluding hydrogens is 389 g/mol. The molecule has 8 heteroatoms. The average Bonchev–Trinajstić information content (AvgIpc) is 2.46.